The van der Waals surface area contributed by atoms with Crippen LogP contribution in [0.2, 0.25) is 0 Å². The Bertz CT molecular complexity index is 610. The Morgan fingerprint density at radius 2 is 1.78 bits per heavy atom. The summed E-state index contributed by atoms with van der Waals surface area (Å²) in [5.41, 5.74) is 3.72. The largest absolute Gasteiger partial charge is 0.325 e. The van der Waals surface area contributed by atoms with Crippen LogP contribution in [0.1, 0.15) is 43.5 Å². The molecule has 0 fully saturated rings. The Morgan fingerprint density at radius 1 is 1.06 bits per heavy atom. The maximum atomic E-state index is 12.1. The molecule has 2 heteroatoms. The van der Waals surface area contributed by atoms with Gasteiger partial charge in [-0.15, -0.1) is 0 Å². The molecule has 96 valence electrons. The van der Waals surface area contributed by atoms with E-state index in [0.717, 1.165) is 42.1 Å². The zero-order chi connectivity index (χ0) is 13.1. The number of hydrogen-bond acceptors (Lipinski definition) is 1. The van der Waals surface area contributed by atoms with Gasteiger partial charge in [-0.25, -0.2) is 0 Å². The van der Waals surface area contributed by atoms with Gasteiger partial charge in [0.2, 0.25) is 0 Å². The summed E-state index contributed by atoms with van der Waals surface area (Å²) in [5.74, 6) is 0. The normalized spacial score (nSPS) is 11.1. The molecule has 18 heavy (non-hydrogen) atoms. The molecule has 1 heterocycles. The van der Waals surface area contributed by atoms with Gasteiger partial charge in [-0.2, -0.15) is 0 Å². The van der Waals surface area contributed by atoms with E-state index in [4.69, 9.17) is 0 Å². The Morgan fingerprint density at radius 3 is 2.44 bits per heavy atom. The third-order valence-corrected chi connectivity index (χ3v) is 3.37. The van der Waals surface area contributed by atoms with Crippen molar-refractivity contribution < 1.29 is 0 Å². The predicted octanol–water partition coefficient (Wildman–Crippen LogP) is 3.74. The quantitative estimate of drug-likeness (QED) is 0.871. The molecule has 2 aromatic rings. The number of nitrogens with one attached hydrogen (secondary N) is 1. The lowest BCUT2D eigenvalue weighted by atomic mass is 9.97. The Kier molecular flexibility index (Phi) is 3.85. The first kappa shape index (κ1) is 12.9. The molecule has 0 bridgehead atoms. The summed E-state index contributed by atoms with van der Waals surface area (Å²) in [7, 11) is 0. The van der Waals surface area contributed by atoms with Crippen LogP contribution in [-0.4, -0.2) is 4.98 Å². The van der Waals surface area contributed by atoms with E-state index in [2.05, 4.69) is 31.8 Å². The molecule has 0 unspecified atom stereocenters. The SMILES string of the molecule is CCCc1[nH]c(=O)c2ccc(C)cc2c1CCC. The monoisotopic (exact) mass is 243 g/mol. The van der Waals surface area contributed by atoms with Crippen LogP contribution in [-0.2, 0) is 12.8 Å². The smallest absolute Gasteiger partial charge is 0.256 e. The molecule has 0 aliphatic heterocycles. The van der Waals surface area contributed by atoms with Gasteiger partial charge in [0.25, 0.3) is 5.56 Å². The molecule has 2 rings (SSSR count). The lowest BCUT2D eigenvalue weighted by molar-refractivity contribution is 0.831. The molecule has 0 saturated carbocycles. The number of hydrogen-bond donors (Lipinski definition) is 1. The summed E-state index contributed by atoms with van der Waals surface area (Å²) < 4.78 is 0. The predicted molar refractivity (Wildman–Crippen MR) is 77.3 cm³/mol. The zero-order valence-corrected chi connectivity index (χ0v) is 11.5. The minimum Gasteiger partial charge on any atom is -0.325 e. The Labute approximate surface area is 108 Å². The maximum absolute atomic E-state index is 12.1. The highest BCUT2D eigenvalue weighted by molar-refractivity contribution is 5.86. The summed E-state index contributed by atoms with van der Waals surface area (Å²) in [6, 6.07) is 6.10. The second-order valence-corrected chi connectivity index (χ2v) is 4.96. The van der Waals surface area contributed by atoms with E-state index in [0.29, 0.717) is 0 Å². The molecule has 0 atom stereocenters. The third-order valence-electron chi connectivity index (χ3n) is 3.37. The summed E-state index contributed by atoms with van der Waals surface area (Å²) in [6.07, 6.45) is 4.15. The number of aromatic amines is 1. The van der Waals surface area contributed by atoms with Crippen molar-refractivity contribution in [1.82, 2.24) is 4.98 Å². The van der Waals surface area contributed by atoms with E-state index in [9.17, 15) is 4.79 Å². The highest BCUT2D eigenvalue weighted by Gasteiger charge is 2.10. The second kappa shape index (κ2) is 5.38. The van der Waals surface area contributed by atoms with Crippen molar-refractivity contribution in [3.63, 3.8) is 0 Å². The second-order valence-electron chi connectivity index (χ2n) is 4.96. The number of aryl methyl sites for hydroxylation is 3. The van der Waals surface area contributed by atoms with E-state index >= 15 is 0 Å². The number of pyridine rings is 1. The third kappa shape index (κ3) is 2.33. The van der Waals surface area contributed by atoms with Crippen molar-refractivity contribution >= 4 is 10.8 Å². The van der Waals surface area contributed by atoms with Crippen LogP contribution >= 0.6 is 0 Å². The van der Waals surface area contributed by atoms with Gasteiger partial charge in [0.05, 0.1) is 0 Å². The van der Waals surface area contributed by atoms with E-state index in [1.807, 2.05) is 12.1 Å². The molecule has 1 N–H and O–H groups in total. The molecule has 0 aliphatic carbocycles. The van der Waals surface area contributed by atoms with Crippen molar-refractivity contribution in [3.05, 3.63) is 45.4 Å². The van der Waals surface area contributed by atoms with Crippen molar-refractivity contribution in [2.75, 3.05) is 0 Å². The van der Waals surface area contributed by atoms with Crippen LogP contribution in [0.25, 0.3) is 10.8 Å². The summed E-state index contributed by atoms with van der Waals surface area (Å²) >= 11 is 0. The van der Waals surface area contributed by atoms with E-state index in [1.165, 1.54) is 11.1 Å². The van der Waals surface area contributed by atoms with Gasteiger partial charge in [-0.1, -0.05) is 44.4 Å². The van der Waals surface area contributed by atoms with Crippen molar-refractivity contribution in [2.45, 2.75) is 46.5 Å². The maximum Gasteiger partial charge on any atom is 0.256 e. The van der Waals surface area contributed by atoms with Gasteiger partial charge in [0.15, 0.2) is 0 Å². The fraction of sp³-hybridized carbons (Fsp3) is 0.438. The molecule has 0 saturated heterocycles. The molecule has 0 spiro atoms. The summed E-state index contributed by atoms with van der Waals surface area (Å²) in [6.45, 7) is 6.41. The number of aromatic nitrogens is 1. The number of H-pyrrole nitrogens is 1. The fourth-order valence-electron chi connectivity index (χ4n) is 2.55. The lowest BCUT2D eigenvalue weighted by Gasteiger charge is -2.12. The van der Waals surface area contributed by atoms with E-state index in [-0.39, 0.29) is 5.56 Å². The molecule has 0 aliphatic rings. The van der Waals surface area contributed by atoms with Crippen molar-refractivity contribution in [3.8, 4) is 0 Å². The molecular weight excluding hydrogens is 222 g/mol. The van der Waals surface area contributed by atoms with Crippen LogP contribution < -0.4 is 5.56 Å². The first-order chi connectivity index (χ1) is 8.67. The average molecular weight is 243 g/mol. The van der Waals surface area contributed by atoms with E-state index in [1.54, 1.807) is 0 Å². The first-order valence-electron chi connectivity index (χ1n) is 6.81. The highest BCUT2D eigenvalue weighted by atomic mass is 16.1. The van der Waals surface area contributed by atoms with E-state index < -0.39 is 0 Å². The minimum atomic E-state index is 0.0494. The number of fused-ring (bicyclic) bond motifs is 1. The lowest BCUT2D eigenvalue weighted by Crippen LogP contribution is -2.13. The standard InChI is InChI=1S/C16H21NO/c1-4-6-12-14-10-11(3)8-9-13(14)16(18)17-15(12)7-5-2/h8-10H,4-7H2,1-3H3,(H,17,18). The molecule has 0 amide bonds. The van der Waals surface area contributed by atoms with Crippen LogP contribution in [0.5, 0.6) is 0 Å². The molecule has 1 aromatic carbocycles. The summed E-state index contributed by atoms with van der Waals surface area (Å²) in [4.78, 5) is 15.2. The first-order valence-corrected chi connectivity index (χ1v) is 6.81. The average Bonchev–Trinajstić information content (AvgIpc) is 2.34. The molecule has 1 aromatic heterocycles. The highest BCUT2D eigenvalue weighted by Crippen LogP contribution is 2.22. The fourth-order valence-corrected chi connectivity index (χ4v) is 2.55. The van der Waals surface area contributed by atoms with Gasteiger partial charge >= 0.3 is 0 Å². The van der Waals surface area contributed by atoms with Gasteiger partial charge in [-0.3, -0.25) is 4.79 Å². The zero-order valence-electron chi connectivity index (χ0n) is 11.5. The summed E-state index contributed by atoms with van der Waals surface area (Å²) in [5, 5.41) is 1.97. The molecule has 2 nitrogen and oxygen atoms in total. The van der Waals surface area contributed by atoms with Crippen LogP contribution in [0.3, 0.4) is 0 Å². The van der Waals surface area contributed by atoms with Gasteiger partial charge in [0.1, 0.15) is 0 Å². The Balaban J connectivity index is 2.77. The Hall–Kier alpha value is -1.57. The van der Waals surface area contributed by atoms with Crippen LogP contribution in [0.4, 0.5) is 0 Å². The molecule has 0 radical (unpaired) electrons. The molecular formula is C16H21NO. The van der Waals surface area contributed by atoms with Crippen LogP contribution in [0, 0.1) is 6.92 Å². The van der Waals surface area contributed by atoms with Crippen molar-refractivity contribution in [2.24, 2.45) is 0 Å². The number of benzene rings is 1. The van der Waals surface area contributed by atoms with Gasteiger partial charge in [-0.05, 0) is 36.8 Å². The minimum absolute atomic E-state index is 0.0494. The van der Waals surface area contributed by atoms with Gasteiger partial charge < -0.3 is 4.98 Å². The topological polar surface area (TPSA) is 32.9 Å². The number of rotatable bonds is 4. The van der Waals surface area contributed by atoms with Crippen LogP contribution in [0.15, 0.2) is 23.0 Å². The van der Waals surface area contributed by atoms with Gasteiger partial charge in [0, 0.05) is 11.1 Å². The van der Waals surface area contributed by atoms with Crippen molar-refractivity contribution in [1.29, 1.82) is 0 Å².